The predicted molar refractivity (Wildman–Crippen MR) is 119 cm³/mol. The fourth-order valence-corrected chi connectivity index (χ4v) is 3.47. The van der Waals surface area contributed by atoms with E-state index in [-0.39, 0.29) is 37.2 Å². The zero-order valence-corrected chi connectivity index (χ0v) is 19.3. The van der Waals surface area contributed by atoms with Gasteiger partial charge in [0.2, 0.25) is 11.8 Å². The first-order valence-electron chi connectivity index (χ1n) is 9.58. The lowest BCUT2D eigenvalue weighted by Crippen LogP contribution is -2.41. The van der Waals surface area contributed by atoms with Crippen LogP contribution >= 0.6 is 15.9 Å². The quantitative estimate of drug-likeness (QED) is 0.593. The second kappa shape index (κ2) is 11.1. The Morgan fingerprint density at radius 3 is 2.50 bits per heavy atom. The van der Waals surface area contributed by atoms with E-state index in [0.717, 1.165) is 15.7 Å². The molecule has 0 saturated carbocycles. The fraction of sp³-hybridized carbons (Fsp3) is 0.364. The minimum atomic E-state index is -0.462. The molecule has 2 amide bonds. The number of rotatable bonds is 9. The molecule has 6 nitrogen and oxygen atoms in total. The molecule has 0 aromatic heterocycles. The molecule has 30 heavy (non-hydrogen) atoms. The Balaban J connectivity index is 1.90. The lowest BCUT2D eigenvalue weighted by molar-refractivity contribution is -0.132. The number of anilines is 1. The van der Waals surface area contributed by atoms with Gasteiger partial charge >= 0.3 is 0 Å². The first-order valence-corrected chi connectivity index (χ1v) is 10.4. The number of amides is 2. The maximum Gasteiger partial charge on any atom is 0.238 e. The van der Waals surface area contributed by atoms with E-state index < -0.39 is 5.82 Å². The molecule has 8 heteroatoms. The Labute approximate surface area is 185 Å². The van der Waals surface area contributed by atoms with E-state index in [1.54, 1.807) is 29.0 Å². The van der Waals surface area contributed by atoms with E-state index in [1.165, 1.54) is 13.2 Å². The summed E-state index contributed by atoms with van der Waals surface area (Å²) in [7, 11) is 3.12. The van der Waals surface area contributed by atoms with Crippen molar-refractivity contribution < 1.29 is 18.7 Å². The van der Waals surface area contributed by atoms with Crippen molar-refractivity contribution in [2.24, 2.45) is 0 Å². The zero-order valence-electron chi connectivity index (χ0n) is 17.7. The van der Waals surface area contributed by atoms with Gasteiger partial charge in [-0.05, 0) is 62.4 Å². The second-order valence-electron chi connectivity index (χ2n) is 7.06. The van der Waals surface area contributed by atoms with Crippen molar-refractivity contribution in [3.05, 3.63) is 57.8 Å². The minimum absolute atomic E-state index is 0.0793. The average Bonchev–Trinajstić information content (AvgIpc) is 2.68. The number of halogens is 2. The third-order valence-electron chi connectivity index (χ3n) is 4.61. The molecule has 0 aliphatic carbocycles. The maximum atomic E-state index is 13.9. The number of likely N-dealkylation sites (N-methyl/N-ethyl adjacent to an activating group) is 2. The van der Waals surface area contributed by atoms with Crippen molar-refractivity contribution >= 4 is 33.4 Å². The van der Waals surface area contributed by atoms with Crippen LogP contribution in [0.1, 0.15) is 18.1 Å². The molecule has 0 fully saturated rings. The molecular weight excluding hydrogens is 453 g/mol. The van der Waals surface area contributed by atoms with Gasteiger partial charge < -0.3 is 15.0 Å². The number of aryl methyl sites for hydroxylation is 1. The van der Waals surface area contributed by atoms with Crippen molar-refractivity contribution in [2.45, 2.75) is 20.4 Å². The standard InChI is InChI=1S/C22H27BrFN3O3/c1-5-27(12-16-6-9-20(30-4)18(24)11-16)22(29)14-26(3)13-21(28)25-19-8-7-17(23)10-15(19)2/h6-11H,5,12-14H2,1-4H3,(H,25,28). The lowest BCUT2D eigenvalue weighted by atomic mass is 10.2. The molecule has 0 spiro atoms. The highest BCUT2D eigenvalue weighted by Gasteiger charge is 2.17. The Morgan fingerprint density at radius 1 is 1.17 bits per heavy atom. The summed E-state index contributed by atoms with van der Waals surface area (Å²) in [5, 5.41) is 2.86. The average molecular weight is 480 g/mol. The van der Waals surface area contributed by atoms with Crippen LogP contribution < -0.4 is 10.1 Å². The van der Waals surface area contributed by atoms with E-state index >= 15 is 0 Å². The molecule has 0 saturated heterocycles. The molecule has 0 heterocycles. The smallest absolute Gasteiger partial charge is 0.238 e. The minimum Gasteiger partial charge on any atom is -0.494 e. The molecule has 0 bridgehead atoms. The Kier molecular flexibility index (Phi) is 8.80. The number of hydrogen-bond acceptors (Lipinski definition) is 4. The van der Waals surface area contributed by atoms with Gasteiger partial charge in [0.25, 0.3) is 0 Å². The van der Waals surface area contributed by atoms with Crippen LogP contribution in [0.3, 0.4) is 0 Å². The van der Waals surface area contributed by atoms with Crippen LogP contribution in [0.2, 0.25) is 0 Å². The van der Waals surface area contributed by atoms with Gasteiger partial charge in [0, 0.05) is 23.2 Å². The van der Waals surface area contributed by atoms with Gasteiger partial charge in [-0.2, -0.15) is 0 Å². The van der Waals surface area contributed by atoms with Crippen LogP contribution in [0.15, 0.2) is 40.9 Å². The highest BCUT2D eigenvalue weighted by Crippen LogP contribution is 2.20. The molecule has 0 aliphatic heterocycles. The summed E-state index contributed by atoms with van der Waals surface area (Å²) < 4.78 is 19.8. The topological polar surface area (TPSA) is 61.9 Å². The van der Waals surface area contributed by atoms with Crippen molar-refractivity contribution in [1.82, 2.24) is 9.80 Å². The summed E-state index contributed by atoms with van der Waals surface area (Å²) in [6, 6.07) is 10.3. The van der Waals surface area contributed by atoms with E-state index in [9.17, 15) is 14.0 Å². The molecule has 2 rings (SSSR count). The van der Waals surface area contributed by atoms with Gasteiger partial charge in [-0.25, -0.2) is 4.39 Å². The van der Waals surface area contributed by atoms with Gasteiger partial charge in [-0.1, -0.05) is 22.0 Å². The highest BCUT2D eigenvalue weighted by atomic mass is 79.9. The highest BCUT2D eigenvalue weighted by molar-refractivity contribution is 9.10. The SMILES string of the molecule is CCN(Cc1ccc(OC)c(F)c1)C(=O)CN(C)CC(=O)Nc1ccc(Br)cc1C. The van der Waals surface area contributed by atoms with Gasteiger partial charge in [0.05, 0.1) is 20.2 Å². The number of carbonyl (C=O) groups is 2. The summed E-state index contributed by atoms with van der Waals surface area (Å²) in [6.07, 6.45) is 0. The van der Waals surface area contributed by atoms with Crippen molar-refractivity contribution in [3.63, 3.8) is 0 Å². The van der Waals surface area contributed by atoms with Crippen LogP contribution in [0.25, 0.3) is 0 Å². The number of carbonyl (C=O) groups excluding carboxylic acids is 2. The van der Waals surface area contributed by atoms with Crippen LogP contribution in [0.5, 0.6) is 5.75 Å². The zero-order chi connectivity index (χ0) is 22.3. The van der Waals surface area contributed by atoms with Gasteiger partial charge in [0.1, 0.15) is 0 Å². The largest absolute Gasteiger partial charge is 0.494 e. The third kappa shape index (κ3) is 6.81. The summed E-state index contributed by atoms with van der Waals surface area (Å²) in [5.41, 5.74) is 2.36. The van der Waals surface area contributed by atoms with Gasteiger partial charge in [0.15, 0.2) is 11.6 Å². The summed E-state index contributed by atoms with van der Waals surface area (Å²) in [6.45, 7) is 4.70. The number of nitrogens with zero attached hydrogens (tertiary/aromatic N) is 2. The normalized spacial score (nSPS) is 10.8. The molecule has 2 aromatic carbocycles. The predicted octanol–water partition coefficient (Wildman–Crippen LogP) is 3.82. The molecular formula is C22H27BrFN3O3. The first-order chi connectivity index (χ1) is 14.2. The van der Waals surface area contributed by atoms with E-state index in [0.29, 0.717) is 12.1 Å². The molecule has 0 unspecified atom stereocenters. The lowest BCUT2D eigenvalue weighted by Gasteiger charge is -2.24. The Morgan fingerprint density at radius 2 is 1.90 bits per heavy atom. The van der Waals surface area contributed by atoms with E-state index in [1.807, 2.05) is 32.0 Å². The number of nitrogens with one attached hydrogen (secondary N) is 1. The van der Waals surface area contributed by atoms with E-state index in [2.05, 4.69) is 21.2 Å². The second-order valence-corrected chi connectivity index (χ2v) is 7.97. The number of ether oxygens (including phenoxy) is 1. The van der Waals surface area contributed by atoms with Crippen molar-refractivity contribution in [1.29, 1.82) is 0 Å². The fourth-order valence-electron chi connectivity index (χ4n) is 2.99. The number of hydrogen-bond donors (Lipinski definition) is 1. The van der Waals surface area contributed by atoms with Gasteiger partial charge in [-0.15, -0.1) is 0 Å². The third-order valence-corrected chi connectivity index (χ3v) is 5.10. The number of benzene rings is 2. The Bertz CT molecular complexity index is 907. The van der Waals surface area contributed by atoms with Gasteiger partial charge in [-0.3, -0.25) is 14.5 Å². The molecule has 1 N–H and O–H groups in total. The summed E-state index contributed by atoms with van der Waals surface area (Å²) in [4.78, 5) is 28.3. The first kappa shape index (κ1) is 23.8. The number of methoxy groups -OCH3 is 1. The van der Waals surface area contributed by atoms with Crippen LogP contribution in [-0.4, -0.2) is 55.4 Å². The molecule has 0 aliphatic rings. The molecule has 0 radical (unpaired) electrons. The van der Waals surface area contributed by atoms with Crippen LogP contribution in [0.4, 0.5) is 10.1 Å². The Hall–Kier alpha value is -2.45. The van der Waals surface area contributed by atoms with Crippen molar-refractivity contribution in [2.75, 3.05) is 39.1 Å². The maximum absolute atomic E-state index is 13.9. The summed E-state index contributed by atoms with van der Waals surface area (Å²) in [5.74, 6) is -0.629. The van der Waals surface area contributed by atoms with Crippen molar-refractivity contribution in [3.8, 4) is 5.75 Å². The monoisotopic (exact) mass is 479 g/mol. The molecule has 0 atom stereocenters. The van der Waals surface area contributed by atoms with Crippen LogP contribution in [-0.2, 0) is 16.1 Å². The summed E-state index contributed by atoms with van der Waals surface area (Å²) >= 11 is 3.39. The van der Waals surface area contributed by atoms with Crippen LogP contribution in [0, 0.1) is 12.7 Å². The molecule has 2 aromatic rings. The van der Waals surface area contributed by atoms with E-state index in [4.69, 9.17) is 4.74 Å². The molecule has 162 valence electrons.